The van der Waals surface area contributed by atoms with E-state index in [1.54, 1.807) is 12.1 Å². The SMILES string of the molecule is CC/C(=C/c1cccc(OC(F)(F)F)c1)CCl. The molecule has 0 radical (unpaired) electrons. The number of rotatable bonds is 4. The van der Waals surface area contributed by atoms with Gasteiger partial charge in [-0.3, -0.25) is 0 Å². The van der Waals surface area contributed by atoms with Crippen molar-refractivity contribution in [1.29, 1.82) is 0 Å². The summed E-state index contributed by atoms with van der Waals surface area (Å²) in [4.78, 5) is 0. The summed E-state index contributed by atoms with van der Waals surface area (Å²) in [5, 5.41) is 0. The van der Waals surface area contributed by atoms with Gasteiger partial charge in [-0.25, -0.2) is 0 Å². The Morgan fingerprint density at radius 1 is 1.41 bits per heavy atom. The van der Waals surface area contributed by atoms with Gasteiger partial charge in [-0.15, -0.1) is 24.8 Å². The Morgan fingerprint density at radius 2 is 2.12 bits per heavy atom. The van der Waals surface area contributed by atoms with Crippen molar-refractivity contribution in [3.05, 3.63) is 35.4 Å². The maximum Gasteiger partial charge on any atom is 0.573 e. The van der Waals surface area contributed by atoms with Gasteiger partial charge in [-0.2, -0.15) is 0 Å². The predicted molar refractivity (Wildman–Crippen MR) is 62.1 cm³/mol. The number of hydrogen-bond acceptors (Lipinski definition) is 1. The lowest BCUT2D eigenvalue weighted by Crippen LogP contribution is -2.17. The van der Waals surface area contributed by atoms with Crippen LogP contribution < -0.4 is 4.74 Å². The molecule has 0 N–H and O–H groups in total. The van der Waals surface area contributed by atoms with E-state index in [1.807, 2.05) is 6.92 Å². The molecule has 1 aromatic rings. The monoisotopic (exact) mass is 264 g/mol. The Hall–Kier alpha value is -1.16. The van der Waals surface area contributed by atoms with Gasteiger partial charge >= 0.3 is 6.36 Å². The van der Waals surface area contributed by atoms with Crippen LogP contribution in [0.2, 0.25) is 0 Å². The zero-order valence-corrected chi connectivity index (χ0v) is 9.98. The lowest BCUT2D eigenvalue weighted by atomic mass is 10.1. The minimum Gasteiger partial charge on any atom is -0.406 e. The van der Waals surface area contributed by atoms with Gasteiger partial charge in [-0.1, -0.05) is 30.7 Å². The Bertz CT molecular complexity index is 393. The minimum absolute atomic E-state index is 0.226. The molecule has 0 aliphatic rings. The van der Waals surface area contributed by atoms with Gasteiger partial charge in [0.2, 0.25) is 0 Å². The summed E-state index contributed by atoms with van der Waals surface area (Å²) in [5.41, 5.74) is 1.60. The van der Waals surface area contributed by atoms with E-state index in [0.717, 1.165) is 12.0 Å². The average molecular weight is 265 g/mol. The van der Waals surface area contributed by atoms with Crippen molar-refractivity contribution in [2.45, 2.75) is 19.7 Å². The van der Waals surface area contributed by atoms with Crippen molar-refractivity contribution < 1.29 is 17.9 Å². The van der Waals surface area contributed by atoms with Gasteiger partial charge in [0.1, 0.15) is 5.75 Å². The zero-order valence-electron chi connectivity index (χ0n) is 9.22. The van der Waals surface area contributed by atoms with E-state index >= 15 is 0 Å². The first-order valence-corrected chi connectivity index (χ1v) is 5.59. The Labute approximate surface area is 103 Å². The van der Waals surface area contributed by atoms with Gasteiger partial charge in [0.25, 0.3) is 0 Å². The number of allylic oxidation sites excluding steroid dienone is 1. The molecular weight excluding hydrogens is 253 g/mol. The molecule has 0 spiro atoms. The predicted octanol–water partition coefficient (Wildman–Crippen LogP) is 4.62. The fourth-order valence-corrected chi connectivity index (χ4v) is 1.54. The maximum absolute atomic E-state index is 12.0. The summed E-state index contributed by atoms with van der Waals surface area (Å²) in [6, 6.07) is 5.80. The van der Waals surface area contributed by atoms with E-state index in [0.29, 0.717) is 11.4 Å². The van der Waals surface area contributed by atoms with Crippen molar-refractivity contribution in [2.75, 3.05) is 5.88 Å². The maximum atomic E-state index is 12.0. The average Bonchev–Trinajstić information content (AvgIpc) is 2.24. The summed E-state index contributed by atoms with van der Waals surface area (Å²) in [6.45, 7) is 1.93. The molecule has 0 unspecified atom stereocenters. The third-order valence-electron chi connectivity index (χ3n) is 2.09. The molecule has 5 heteroatoms. The molecule has 0 fully saturated rings. The summed E-state index contributed by atoms with van der Waals surface area (Å²) < 4.78 is 39.9. The largest absolute Gasteiger partial charge is 0.573 e. The number of halogens is 4. The molecule has 1 nitrogen and oxygen atoms in total. The molecule has 0 heterocycles. The normalized spacial score (nSPS) is 12.6. The fourth-order valence-electron chi connectivity index (χ4n) is 1.27. The molecular formula is C12H12ClF3O. The van der Waals surface area contributed by atoms with Gasteiger partial charge in [-0.05, 0) is 24.1 Å². The van der Waals surface area contributed by atoms with Gasteiger partial charge in [0.15, 0.2) is 0 Å². The molecule has 0 saturated heterocycles. The zero-order chi connectivity index (χ0) is 12.9. The Kier molecular flexibility index (Phi) is 4.87. The summed E-state index contributed by atoms with van der Waals surface area (Å²) in [5.74, 6) is 0.136. The molecule has 0 aromatic heterocycles. The first kappa shape index (κ1) is 13.9. The van der Waals surface area contributed by atoms with Crippen LogP contribution in [0, 0.1) is 0 Å². The molecule has 0 aliphatic carbocycles. The third-order valence-corrected chi connectivity index (χ3v) is 2.43. The highest BCUT2D eigenvalue weighted by atomic mass is 35.5. The van der Waals surface area contributed by atoms with Gasteiger partial charge in [0.05, 0.1) is 0 Å². The van der Waals surface area contributed by atoms with Crippen molar-refractivity contribution >= 4 is 17.7 Å². The topological polar surface area (TPSA) is 9.23 Å². The molecule has 94 valence electrons. The molecule has 0 atom stereocenters. The van der Waals surface area contributed by atoms with E-state index in [1.165, 1.54) is 18.2 Å². The number of benzene rings is 1. The summed E-state index contributed by atoms with van der Waals surface area (Å²) >= 11 is 5.68. The Morgan fingerprint density at radius 3 is 2.65 bits per heavy atom. The highest BCUT2D eigenvalue weighted by Crippen LogP contribution is 2.24. The smallest absolute Gasteiger partial charge is 0.406 e. The molecule has 0 saturated carbocycles. The first-order chi connectivity index (χ1) is 7.94. The van der Waals surface area contributed by atoms with E-state index in [9.17, 15) is 13.2 Å². The number of hydrogen-bond donors (Lipinski definition) is 0. The van der Waals surface area contributed by atoms with Crippen molar-refractivity contribution in [3.8, 4) is 5.75 Å². The van der Waals surface area contributed by atoms with Crippen LogP contribution in [0.15, 0.2) is 29.8 Å². The molecule has 1 aromatic carbocycles. The Balaban J connectivity index is 2.90. The quantitative estimate of drug-likeness (QED) is 0.721. The van der Waals surface area contributed by atoms with Crippen LogP contribution in [0.5, 0.6) is 5.75 Å². The highest BCUT2D eigenvalue weighted by Gasteiger charge is 2.30. The summed E-state index contributed by atoms with van der Waals surface area (Å²) in [7, 11) is 0. The van der Waals surface area contributed by atoms with Gasteiger partial charge in [0, 0.05) is 5.88 Å². The van der Waals surface area contributed by atoms with E-state index < -0.39 is 6.36 Å². The standard InChI is InChI=1S/C12H12ClF3O/c1-2-9(8-13)6-10-4-3-5-11(7-10)17-12(14,15)16/h3-7H,2,8H2,1H3/b9-6-. The van der Waals surface area contributed by atoms with E-state index in [2.05, 4.69) is 4.74 Å². The van der Waals surface area contributed by atoms with Crippen LogP contribution >= 0.6 is 11.6 Å². The van der Waals surface area contributed by atoms with E-state index in [4.69, 9.17) is 11.6 Å². The van der Waals surface area contributed by atoms with Crippen molar-refractivity contribution in [3.63, 3.8) is 0 Å². The number of ether oxygens (including phenoxy) is 1. The van der Waals surface area contributed by atoms with Crippen LogP contribution in [0.4, 0.5) is 13.2 Å². The second kappa shape index (κ2) is 5.96. The second-order valence-corrected chi connectivity index (χ2v) is 3.68. The third kappa shape index (κ3) is 5.13. The summed E-state index contributed by atoms with van der Waals surface area (Å²) in [6.07, 6.45) is -2.15. The molecule has 0 amide bonds. The van der Waals surface area contributed by atoms with Crippen LogP contribution in [-0.4, -0.2) is 12.2 Å². The molecule has 17 heavy (non-hydrogen) atoms. The minimum atomic E-state index is -4.66. The fraction of sp³-hybridized carbons (Fsp3) is 0.333. The lowest BCUT2D eigenvalue weighted by Gasteiger charge is -2.09. The van der Waals surface area contributed by atoms with E-state index in [-0.39, 0.29) is 5.75 Å². The van der Waals surface area contributed by atoms with Crippen LogP contribution in [-0.2, 0) is 0 Å². The number of alkyl halides is 4. The van der Waals surface area contributed by atoms with Crippen molar-refractivity contribution in [1.82, 2.24) is 0 Å². The highest BCUT2D eigenvalue weighted by molar-refractivity contribution is 6.19. The van der Waals surface area contributed by atoms with Crippen LogP contribution in [0.25, 0.3) is 6.08 Å². The molecule has 1 rings (SSSR count). The molecule has 0 bridgehead atoms. The lowest BCUT2D eigenvalue weighted by molar-refractivity contribution is -0.274. The van der Waals surface area contributed by atoms with Gasteiger partial charge < -0.3 is 4.74 Å². The van der Waals surface area contributed by atoms with Crippen LogP contribution in [0.1, 0.15) is 18.9 Å². The van der Waals surface area contributed by atoms with Crippen molar-refractivity contribution in [2.24, 2.45) is 0 Å². The molecule has 0 aliphatic heterocycles. The first-order valence-electron chi connectivity index (χ1n) is 5.06. The van der Waals surface area contributed by atoms with Crippen LogP contribution in [0.3, 0.4) is 0 Å². The second-order valence-electron chi connectivity index (χ2n) is 3.41.